The average Bonchev–Trinajstić information content (AvgIpc) is 3.98. The molecule has 254 valence electrons. The van der Waals surface area contributed by atoms with E-state index in [2.05, 4.69) is 14.8 Å². The second kappa shape index (κ2) is 10.3. The quantitative estimate of drug-likeness (QED) is 0.223. The molecule has 2 amide bonds. The number of fused-ring (bicyclic) bond motifs is 3. The first-order valence-corrected chi connectivity index (χ1v) is 16.5. The van der Waals surface area contributed by atoms with Crippen LogP contribution in [0.3, 0.4) is 0 Å². The van der Waals surface area contributed by atoms with Crippen molar-refractivity contribution in [1.82, 2.24) is 19.9 Å². The molecule has 5 heterocycles. The third kappa shape index (κ3) is 5.11. The van der Waals surface area contributed by atoms with E-state index in [-0.39, 0.29) is 53.8 Å². The molecule has 3 fully saturated rings. The summed E-state index contributed by atoms with van der Waals surface area (Å²) in [4.78, 5) is 31.3. The van der Waals surface area contributed by atoms with Crippen LogP contribution in [-0.4, -0.2) is 57.1 Å². The van der Waals surface area contributed by atoms with E-state index in [9.17, 15) is 23.5 Å². The van der Waals surface area contributed by atoms with Gasteiger partial charge in [-0.25, -0.2) is 9.50 Å². The summed E-state index contributed by atoms with van der Waals surface area (Å²) < 4.78 is 50.8. The molecule has 3 aliphatic carbocycles. The summed E-state index contributed by atoms with van der Waals surface area (Å²) in [5.41, 5.74) is 6.11. The largest absolute Gasteiger partial charge is 0.586 e. The lowest BCUT2D eigenvalue weighted by Crippen LogP contribution is -2.44. The first kappa shape index (κ1) is 30.1. The number of benzene rings is 1. The molecule has 3 aromatic heterocycles. The molecule has 0 saturated heterocycles. The van der Waals surface area contributed by atoms with Gasteiger partial charge in [0, 0.05) is 28.7 Å². The van der Waals surface area contributed by atoms with Gasteiger partial charge in [0.25, 0.3) is 5.91 Å². The highest BCUT2D eigenvalue weighted by Crippen LogP contribution is 2.51. The van der Waals surface area contributed by atoms with E-state index >= 15 is 0 Å². The Morgan fingerprint density at radius 2 is 1.86 bits per heavy atom. The average molecular weight is 674 g/mol. The Kier molecular flexibility index (Phi) is 6.31. The Morgan fingerprint density at radius 1 is 1.08 bits per heavy atom. The van der Waals surface area contributed by atoms with E-state index in [0.717, 1.165) is 36.9 Å². The van der Waals surface area contributed by atoms with Crippen LogP contribution in [0.15, 0.2) is 42.5 Å². The summed E-state index contributed by atoms with van der Waals surface area (Å²) in [7, 11) is 0. The molecule has 4 aromatic rings. The Hall–Kier alpha value is -4.98. The lowest BCUT2D eigenvalue weighted by molar-refractivity contribution is -0.286. The first-order chi connectivity index (χ1) is 23.4. The highest BCUT2D eigenvalue weighted by molar-refractivity contribution is 5.96. The van der Waals surface area contributed by atoms with Crippen molar-refractivity contribution >= 4 is 17.3 Å². The second-order valence-corrected chi connectivity index (χ2v) is 14.0. The zero-order valence-corrected chi connectivity index (χ0v) is 26.5. The number of ether oxygens (including phenoxy) is 4. The van der Waals surface area contributed by atoms with Gasteiger partial charge in [0.2, 0.25) is 11.8 Å². The van der Waals surface area contributed by atoms with Gasteiger partial charge in [0.15, 0.2) is 11.5 Å². The van der Waals surface area contributed by atoms with Crippen molar-refractivity contribution in [2.24, 2.45) is 11.7 Å². The summed E-state index contributed by atoms with van der Waals surface area (Å²) in [5.74, 6) is -0.515. The summed E-state index contributed by atoms with van der Waals surface area (Å²) in [6.45, 7) is 1.36. The Morgan fingerprint density at radius 3 is 2.57 bits per heavy atom. The number of aliphatic hydroxyl groups is 1. The number of halogens is 2. The van der Waals surface area contributed by atoms with Gasteiger partial charge in [-0.05, 0) is 87.8 Å². The molecule has 14 heteroatoms. The van der Waals surface area contributed by atoms with Gasteiger partial charge in [0.05, 0.1) is 23.4 Å². The van der Waals surface area contributed by atoms with Gasteiger partial charge in [-0.3, -0.25) is 9.59 Å². The maximum Gasteiger partial charge on any atom is 0.586 e. The van der Waals surface area contributed by atoms with Crippen LogP contribution in [0.2, 0.25) is 0 Å². The van der Waals surface area contributed by atoms with Gasteiger partial charge in [0.1, 0.15) is 35.2 Å². The number of hydrogen-bond donors (Lipinski definition) is 3. The van der Waals surface area contributed by atoms with Crippen molar-refractivity contribution in [3.8, 4) is 34.4 Å². The van der Waals surface area contributed by atoms with Gasteiger partial charge < -0.3 is 35.1 Å². The van der Waals surface area contributed by atoms with E-state index in [1.165, 1.54) is 18.2 Å². The minimum absolute atomic E-state index is 0.0815. The molecule has 49 heavy (non-hydrogen) atoms. The highest BCUT2D eigenvalue weighted by Gasteiger charge is 2.50. The van der Waals surface area contributed by atoms with Crippen molar-refractivity contribution in [2.75, 3.05) is 13.2 Å². The molecule has 12 nitrogen and oxygen atoms in total. The standard InChI is InChI=1S/C35H33F2N5O7/c1-33(32(38)44)16-46-30-23(33)14-27(40-29(30)18-4-9-25-26(11-18)49-35(36,37)48-25)34(45,20-5-6-20)15-39-31(43)19-10-21-13-24(17-2-3-17)41-42(21)28(12-19)47-22-7-8-22/h4,9-14,17,20,22,45H,2-3,5-8,15-16H2,1H3,(H2,38,44)(H,39,43)/t33-,34?/m0/s1. The second-order valence-electron chi connectivity index (χ2n) is 14.0. The van der Waals surface area contributed by atoms with Crippen LogP contribution in [0.4, 0.5) is 8.78 Å². The summed E-state index contributed by atoms with van der Waals surface area (Å²) in [5, 5.41) is 20.0. The van der Waals surface area contributed by atoms with Crippen molar-refractivity contribution in [1.29, 1.82) is 0 Å². The third-order valence-electron chi connectivity index (χ3n) is 10.1. The maximum atomic E-state index is 13.8. The molecule has 4 N–H and O–H groups in total. The molecule has 0 radical (unpaired) electrons. The van der Waals surface area contributed by atoms with Crippen molar-refractivity contribution < 1.29 is 42.4 Å². The molecule has 0 bridgehead atoms. The number of nitrogens with zero attached hydrogens (tertiary/aromatic N) is 3. The number of hydrogen-bond acceptors (Lipinski definition) is 9. The molecular formula is C35H33F2N5O7. The predicted molar refractivity (Wildman–Crippen MR) is 168 cm³/mol. The molecule has 5 aliphatic rings. The molecule has 2 aliphatic heterocycles. The van der Waals surface area contributed by atoms with Gasteiger partial charge in [-0.2, -0.15) is 5.10 Å². The summed E-state index contributed by atoms with van der Waals surface area (Å²) >= 11 is 0. The zero-order chi connectivity index (χ0) is 33.9. The molecule has 9 rings (SSSR count). The number of alkyl halides is 2. The normalized spacial score (nSPS) is 23.1. The number of carbonyl (C=O) groups excluding carboxylic acids is 2. The fraction of sp³-hybridized carbons (Fsp3) is 0.429. The number of primary amides is 1. The fourth-order valence-corrected chi connectivity index (χ4v) is 6.66. The van der Waals surface area contributed by atoms with Crippen molar-refractivity contribution in [3.05, 3.63) is 65.0 Å². The van der Waals surface area contributed by atoms with E-state index in [1.54, 1.807) is 29.6 Å². The van der Waals surface area contributed by atoms with E-state index in [1.807, 2.05) is 6.07 Å². The van der Waals surface area contributed by atoms with E-state index in [4.69, 9.17) is 25.3 Å². The summed E-state index contributed by atoms with van der Waals surface area (Å²) in [6.07, 6.45) is 1.67. The van der Waals surface area contributed by atoms with E-state index < -0.39 is 29.1 Å². The molecular weight excluding hydrogens is 640 g/mol. The molecule has 0 spiro atoms. The number of aromatic nitrogens is 3. The predicted octanol–water partition coefficient (Wildman–Crippen LogP) is 4.30. The number of rotatable bonds is 10. The molecule has 1 aromatic carbocycles. The number of nitrogens with one attached hydrogen (secondary N) is 1. The van der Waals surface area contributed by atoms with Crippen LogP contribution in [0.25, 0.3) is 16.8 Å². The van der Waals surface area contributed by atoms with Crippen LogP contribution in [0.1, 0.15) is 78.7 Å². The van der Waals surface area contributed by atoms with E-state index in [0.29, 0.717) is 41.3 Å². The minimum atomic E-state index is -3.82. The zero-order valence-electron chi connectivity index (χ0n) is 26.5. The topological polar surface area (TPSA) is 160 Å². The lowest BCUT2D eigenvalue weighted by Gasteiger charge is -2.30. The SMILES string of the molecule is C[C@]1(C(N)=O)COc2c1cc(C(O)(CNC(=O)c1cc(OC3CC3)n3nc(C4CC4)cc3c1)C1CC1)nc2-c1ccc2c(c1)OC(F)(F)O2. The monoisotopic (exact) mass is 673 g/mol. The van der Waals surface area contributed by atoms with Crippen LogP contribution in [0, 0.1) is 5.92 Å². The lowest BCUT2D eigenvalue weighted by atomic mass is 9.81. The maximum absolute atomic E-state index is 13.8. The van der Waals surface area contributed by atoms with Crippen LogP contribution in [-0.2, 0) is 15.8 Å². The first-order valence-electron chi connectivity index (χ1n) is 16.5. The Balaban J connectivity index is 1.07. The van der Waals surface area contributed by atoms with Gasteiger partial charge in [-0.1, -0.05) is 0 Å². The number of pyridine rings is 2. The molecule has 3 saturated carbocycles. The Labute approximate surface area is 278 Å². The third-order valence-corrected chi connectivity index (χ3v) is 10.1. The van der Waals surface area contributed by atoms with Crippen LogP contribution in [0.5, 0.6) is 23.1 Å². The number of carbonyl (C=O) groups is 2. The summed E-state index contributed by atoms with van der Waals surface area (Å²) in [6, 6.07) is 11.2. The Bertz CT molecular complexity index is 2070. The molecule has 2 atom stereocenters. The minimum Gasteiger partial charge on any atom is -0.489 e. The fourth-order valence-electron chi connectivity index (χ4n) is 6.66. The van der Waals surface area contributed by atoms with Gasteiger partial charge >= 0.3 is 6.29 Å². The van der Waals surface area contributed by atoms with Crippen LogP contribution < -0.4 is 30.0 Å². The van der Waals surface area contributed by atoms with Crippen LogP contribution >= 0.6 is 0 Å². The molecule has 1 unspecified atom stereocenters. The van der Waals surface area contributed by atoms with Gasteiger partial charge in [-0.15, -0.1) is 8.78 Å². The van der Waals surface area contributed by atoms with Crippen molar-refractivity contribution in [3.63, 3.8) is 0 Å². The van der Waals surface area contributed by atoms with Crippen molar-refractivity contribution in [2.45, 2.75) is 74.8 Å². The number of amides is 2. The smallest absolute Gasteiger partial charge is 0.489 e. The number of nitrogens with two attached hydrogens (primary N) is 1. The highest BCUT2D eigenvalue weighted by atomic mass is 19.3.